The molecule has 0 radical (unpaired) electrons. The molecule has 6 heteroatoms. The SMILES string of the molecule is COc1ccc(C(CO)N=[N+]=[N-])cn1. The Balaban J connectivity index is 2.88. The van der Waals surface area contributed by atoms with Crippen LogP contribution in [-0.4, -0.2) is 23.8 Å². The molecule has 0 spiro atoms. The molecule has 6 nitrogen and oxygen atoms in total. The van der Waals surface area contributed by atoms with Gasteiger partial charge in [0.15, 0.2) is 0 Å². The van der Waals surface area contributed by atoms with E-state index in [4.69, 9.17) is 15.4 Å². The van der Waals surface area contributed by atoms with E-state index in [0.29, 0.717) is 11.4 Å². The van der Waals surface area contributed by atoms with Crippen molar-refractivity contribution in [3.05, 3.63) is 34.3 Å². The molecule has 14 heavy (non-hydrogen) atoms. The number of ether oxygens (including phenoxy) is 1. The summed E-state index contributed by atoms with van der Waals surface area (Å²) in [7, 11) is 1.51. The van der Waals surface area contributed by atoms with Crippen molar-refractivity contribution in [3.63, 3.8) is 0 Å². The van der Waals surface area contributed by atoms with E-state index < -0.39 is 6.04 Å². The van der Waals surface area contributed by atoms with Crippen LogP contribution in [0.15, 0.2) is 23.4 Å². The number of hydrogen-bond donors (Lipinski definition) is 1. The molecule has 0 aliphatic carbocycles. The van der Waals surface area contributed by atoms with Gasteiger partial charge in [-0.2, -0.15) is 0 Å². The number of aliphatic hydroxyl groups is 1. The lowest BCUT2D eigenvalue weighted by Gasteiger charge is -2.07. The Morgan fingerprint density at radius 1 is 1.71 bits per heavy atom. The summed E-state index contributed by atoms with van der Waals surface area (Å²) in [6, 6.07) is 2.75. The van der Waals surface area contributed by atoms with Crippen molar-refractivity contribution in [3.8, 4) is 5.88 Å². The van der Waals surface area contributed by atoms with Crippen molar-refractivity contribution in [2.75, 3.05) is 13.7 Å². The van der Waals surface area contributed by atoms with E-state index in [9.17, 15) is 0 Å². The van der Waals surface area contributed by atoms with E-state index in [2.05, 4.69) is 15.0 Å². The number of aromatic nitrogens is 1. The quantitative estimate of drug-likeness (QED) is 0.446. The maximum atomic E-state index is 8.91. The maximum Gasteiger partial charge on any atom is 0.212 e. The fourth-order valence-corrected chi connectivity index (χ4v) is 0.981. The number of methoxy groups -OCH3 is 1. The molecule has 1 aromatic heterocycles. The van der Waals surface area contributed by atoms with Crippen LogP contribution in [0, 0.1) is 0 Å². The summed E-state index contributed by atoms with van der Waals surface area (Å²) in [6.07, 6.45) is 1.51. The van der Waals surface area contributed by atoms with Gasteiger partial charge < -0.3 is 9.84 Å². The molecule has 0 aromatic carbocycles. The minimum Gasteiger partial charge on any atom is -0.481 e. The standard InChI is InChI=1S/C8H10N4O2/c1-14-8-3-2-6(4-10-8)7(5-13)11-12-9/h2-4,7,13H,5H2,1H3. The van der Waals surface area contributed by atoms with Gasteiger partial charge in [-0.1, -0.05) is 11.2 Å². The largest absolute Gasteiger partial charge is 0.481 e. The van der Waals surface area contributed by atoms with Crippen molar-refractivity contribution >= 4 is 0 Å². The Kier molecular flexibility index (Phi) is 3.72. The Bertz CT molecular complexity index is 332. The van der Waals surface area contributed by atoms with Crippen LogP contribution in [0.2, 0.25) is 0 Å². The number of azide groups is 1. The third-order valence-electron chi connectivity index (χ3n) is 1.72. The molecular formula is C8H10N4O2. The van der Waals surface area contributed by atoms with Crippen LogP contribution in [0.3, 0.4) is 0 Å². The van der Waals surface area contributed by atoms with Gasteiger partial charge in [-0.3, -0.25) is 0 Å². The molecule has 1 unspecified atom stereocenters. The van der Waals surface area contributed by atoms with Gasteiger partial charge >= 0.3 is 0 Å². The van der Waals surface area contributed by atoms with Crippen LogP contribution >= 0.6 is 0 Å². The highest BCUT2D eigenvalue weighted by Gasteiger charge is 2.08. The van der Waals surface area contributed by atoms with Crippen molar-refractivity contribution < 1.29 is 9.84 Å². The number of hydrogen-bond acceptors (Lipinski definition) is 4. The van der Waals surface area contributed by atoms with E-state index in [1.165, 1.54) is 13.3 Å². The van der Waals surface area contributed by atoms with Crippen LogP contribution in [-0.2, 0) is 0 Å². The maximum absolute atomic E-state index is 8.91. The Morgan fingerprint density at radius 2 is 2.50 bits per heavy atom. The molecule has 0 aliphatic rings. The second-order valence-corrected chi connectivity index (χ2v) is 2.54. The lowest BCUT2D eigenvalue weighted by Crippen LogP contribution is -2.00. The topological polar surface area (TPSA) is 91.1 Å². The summed E-state index contributed by atoms with van der Waals surface area (Å²) in [5.74, 6) is 0.478. The van der Waals surface area contributed by atoms with E-state index >= 15 is 0 Å². The molecular weight excluding hydrogens is 184 g/mol. The van der Waals surface area contributed by atoms with E-state index in [1.54, 1.807) is 12.1 Å². The van der Waals surface area contributed by atoms with Gasteiger partial charge in [0.05, 0.1) is 19.8 Å². The van der Waals surface area contributed by atoms with Gasteiger partial charge in [0, 0.05) is 17.2 Å². The molecule has 0 fully saturated rings. The first-order valence-corrected chi connectivity index (χ1v) is 3.96. The zero-order valence-electron chi connectivity index (χ0n) is 7.66. The highest BCUT2D eigenvalue weighted by atomic mass is 16.5. The zero-order chi connectivity index (χ0) is 10.4. The molecule has 0 saturated carbocycles. The molecule has 0 saturated heterocycles. The number of pyridine rings is 1. The van der Waals surface area contributed by atoms with E-state index in [-0.39, 0.29) is 6.61 Å². The van der Waals surface area contributed by atoms with Crippen molar-refractivity contribution in [2.45, 2.75) is 6.04 Å². The summed E-state index contributed by atoms with van der Waals surface area (Å²) < 4.78 is 4.87. The third kappa shape index (κ3) is 2.35. The predicted molar refractivity (Wildman–Crippen MR) is 49.8 cm³/mol. The molecule has 1 heterocycles. The van der Waals surface area contributed by atoms with Crippen molar-refractivity contribution in [1.29, 1.82) is 0 Å². The average Bonchev–Trinajstić information content (AvgIpc) is 2.26. The first-order valence-electron chi connectivity index (χ1n) is 3.96. The lowest BCUT2D eigenvalue weighted by atomic mass is 10.1. The molecule has 1 N–H and O–H groups in total. The van der Waals surface area contributed by atoms with Crippen molar-refractivity contribution in [2.24, 2.45) is 5.11 Å². The Labute approximate surface area is 80.8 Å². The first-order chi connectivity index (χ1) is 6.81. The second kappa shape index (κ2) is 5.06. The normalized spacial score (nSPS) is 11.6. The fourth-order valence-electron chi connectivity index (χ4n) is 0.981. The van der Waals surface area contributed by atoms with Gasteiger partial charge in [0.1, 0.15) is 0 Å². The highest BCUT2D eigenvalue weighted by Crippen LogP contribution is 2.17. The van der Waals surface area contributed by atoms with Crippen LogP contribution in [0.25, 0.3) is 10.4 Å². The van der Waals surface area contributed by atoms with Gasteiger partial charge in [0.25, 0.3) is 0 Å². The number of rotatable bonds is 4. The average molecular weight is 194 g/mol. The molecule has 0 amide bonds. The predicted octanol–water partition coefficient (Wildman–Crippen LogP) is 1.43. The lowest BCUT2D eigenvalue weighted by molar-refractivity contribution is 0.267. The van der Waals surface area contributed by atoms with Crippen LogP contribution in [0.1, 0.15) is 11.6 Å². The molecule has 74 valence electrons. The summed E-state index contributed by atoms with van der Waals surface area (Å²) in [6.45, 7) is -0.238. The molecule has 1 aromatic rings. The van der Waals surface area contributed by atoms with Gasteiger partial charge in [-0.15, -0.1) is 0 Å². The summed E-state index contributed by atoms with van der Waals surface area (Å²) >= 11 is 0. The molecule has 1 atom stereocenters. The van der Waals surface area contributed by atoms with Gasteiger partial charge in [-0.25, -0.2) is 4.98 Å². The molecule has 0 aliphatic heterocycles. The molecule has 0 bridgehead atoms. The summed E-state index contributed by atoms with van der Waals surface area (Å²) in [5, 5.41) is 12.3. The second-order valence-electron chi connectivity index (χ2n) is 2.54. The zero-order valence-corrected chi connectivity index (χ0v) is 7.66. The smallest absolute Gasteiger partial charge is 0.212 e. The van der Waals surface area contributed by atoms with Gasteiger partial charge in [-0.05, 0) is 11.1 Å². The first kappa shape index (κ1) is 10.3. The Hall–Kier alpha value is -1.78. The highest BCUT2D eigenvalue weighted by molar-refractivity contribution is 5.20. The van der Waals surface area contributed by atoms with Crippen LogP contribution in [0.5, 0.6) is 5.88 Å². The summed E-state index contributed by atoms with van der Waals surface area (Å²) in [4.78, 5) is 6.56. The van der Waals surface area contributed by atoms with Crippen LogP contribution in [0.4, 0.5) is 0 Å². The number of aliphatic hydroxyl groups excluding tert-OH is 1. The van der Waals surface area contributed by atoms with Crippen molar-refractivity contribution in [1.82, 2.24) is 4.98 Å². The summed E-state index contributed by atoms with van der Waals surface area (Å²) in [5.41, 5.74) is 8.89. The number of nitrogens with zero attached hydrogens (tertiary/aromatic N) is 4. The van der Waals surface area contributed by atoms with Crippen LogP contribution < -0.4 is 4.74 Å². The molecule has 1 rings (SSSR count). The third-order valence-corrected chi connectivity index (χ3v) is 1.72. The van der Waals surface area contributed by atoms with E-state index in [0.717, 1.165) is 0 Å². The monoisotopic (exact) mass is 194 g/mol. The van der Waals surface area contributed by atoms with E-state index in [1.807, 2.05) is 0 Å². The minimum absolute atomic E-state index is 0.238. The fraction of sp³-hybridized carbons (Fsp3) is 0.375. The van der Waals surface area contributed by atoms with Gasteiger partial charge in [0.2, 0.25) is 5.88 Å². The minimum atomic E-state index is -0.585. The Morgan fingerprint density at radius 3 is 2.93 bits per heavy atom.